The Labute approximate surface area is 127 Å². The zero-order chi connectivity index (χ0) is 14.2. The number of nitrogens with one attached hydrogen (secondary N) is 1. The third-order valence-corrected chi connectivity index (χ3v) is 6.03. The van der Waals surface area contributed by atoms with Crippen LogP contribution in [0.2, 0.25) is 0 Å². The van der Waals surface area contributed by atoms with Crippen LogP contribution in [0.1, 0.15) is 92.2 Å². The first-order valence-electron chi connectivity index (χ1n) is 8.67. The van der Waals surface area contributed by atoms with Gasteiger partial charge in [0.15, 0.2) is 0 Å². The van der Waals surface area contributed by atoms with Crippen molar-refractivity contribution in [1.29, 1.82) is 5.41 Å². The fourth-order valence-electron chi connectivity index (χ4n) is 3.93. The maximum Gasteiger partial charge on any atom is 0.0918 e. The molecule has 110 valence electrons. The number of hydrogen-bond acceptors (Lipinski definition) is 2. The van der Waals surface area contributed by atoms with Crippen molar-refractivity contribution < 1.29 is 0 Å². The predicted octanol–water partition coefficient (Wildman–Crippen LogP) is 5.87. The number of benzene rings is 1. The lowest BCUT2D eigenvalue weighted by molar-refractivity contribution is 0.400. The van der Waals surface area contributed by atoms with Crippen LogP contribution in [-0.2, 0) is 0 Å². The Morgan fingerprint density at radius 2 is 1.29 bits per heavy atom. The first kappa shape index (κ1) is 13.3. The van der Waals surface area contributed by atoms with Crippen LogP contribution in [0.3, 0.4) is 0 Å². The van der Waals surface area contributed by atoms with Gasteiger partial charge in [-0.15, -0.1) is 0 Å². The number of rotatable bonds is 4. The quantitative estimate of drug-likeness (QED) is 0.669. The lowest BCUT2D eigenvalue weighted by atomic mass is 9.71. The average molecular weight is 280 g/mol. The normalized spacial score (nSPS) is 22.9. The molecule has 0 atom stereocenters. The second-order valence-electron chi connectivity index (χ2n) is 7.16. The fourth-order valence-corrected chi connectivity index (χ4v) is 3.93. The van der Waals surface area contributed by atoms with E-state index in [-0.39, 0.29) is 0 Å². The van der Waals surface area contributed by atoms with Gasteiger partial charge >= 0.3 is 0 Å². The molecule has 1 N–H and O–H groups in total. The van der Waals surface area contributed by atoms with E-state index in [1.54, 1.807) is 5.56 Å². The summed E-state index contributed by atoms with van der Waals surface area (Å²) in [6.07, 6.45) is 12.0. The van der Waals surface area contributed by atoms with Gasteiger partial charge < -0.3 is 0 Å². The second kappa shape index (κ2) is 5.42. The minimum absolute atomic E-state index is 0.691. The zero-order valence-electron chi connectivity index (χ0n) is 12.7. The van der Waals surface area contributed by atoms with E-state index >= 15 is 0 Å². The average Bonchev–Trinajstić information content (AvgIpc) is 2.26. The summed E-state index contributed by atoms with van der Waals surface area (Å²) < 4.78 is 0. The van der Waals surface area contributed by atoms with Crippen LogP contribution in [0.25, 0.3) is 0 Å². The van der Waals surface area contributed by atoms with Gasteiger partial charge in [-0.2, -0.15) is 4.99 Å². The molecule has 0 radical (unpaired) electrons. The largest absolute Gasteiger partial charge is 0.241 e. The molecule has 0 spiro atoms. The molecule has 4 rings (SSSR count). The summed E-state index contributed by atoms with van der Waals surface area (Å²) in [5, 5.41) is 7.33. The van der Waals surface area contributed by atoms with Gasteiger partial charge in [0, 0.05) is 0 Å². The number of aliphatic imine (C=N–C) groups is 1. The van der Waals surface area contributed by atoms with Crippen LogP contribution in [0.15, 0.2) is 17.1 Å². The molecule has 3 saturated carbocycles. The monoisotopic (exact) mass is 280 g/mol. The molecular weight excluding hydrogens is 256 g/mol. The molecule has 3 aliphatic rings. The molecule has 0 aliphatic heterocycles. The molecule has 21 heavy (non-hydrogen) atoms. The molecule has 0 bridgehead atoms. The Balaban J connectivity index is 1.82. The van der Waals surface area contributed by atoms with Gasteiger partial charge in [-0.05, 0) is 73.0 Å². The van der Waals surface area contributed by atoms with Crippen molar-refractivity contribution in [2.24, 2.45) is 4.99 Å². The van der Waals surface area contributed by atoms with Crippen molar-refractivity contribution in [2.45, 2.75) is 75.5 Å². The summed E-state index contributed by atoms with van der Waals surface area (Å²) in [7, 11) is 0. The van der Waals surface area contributed by atoms with Gasteiger partial charge in [-0.3, -0.25) is 0 Å². The zero-order valence-corrected chi connectivity index (χ0v) is 12.7. The van der Waals surface area contributed by atoms with E-state index in [1.807, 2.05) is 0 Å². The molecule has 0 unspecified atom stereocenters. The van der Waals surface area contributed by atoms with Crippen LogP contribution in [0.4, 0.5) is 5.69 Å². The van der Waals surface area contributed by atoms with E-state index in [0.717, 1.165) is 11.6 Å². The van der Waals surface area contributed by atoms with Gasteiger partial charge in [0.1, 0.15) is 0 Å². The van der Waals surface area contributed by atoms with E-state index in [1.165, 1.54) is 68.9 Å². The second-order valence-corrected chi connectivity index (χ2v) is 7.16. The summed E-state index contributed by atoms with van der Waals surface area (Å²) in [5.74, 6) is 2.17. The highest BCUT2D eigenvalue weighted by Gasteiger charge is 2.31. The SMILES string of the molecule is N=C=Nc1c(C2CCC2)cc(C2CCC2)cc1C1CCC1. The molecule has 2 heteroatoms. The van der Waals surface area contributed by atoms with Gasteiger partial charge in [0.05, 0.1) is 11.7 Å². The van der Waals surface area contributed by atoms with Crippen LogP contribution < -0.4 is 0 Å². The van der Waals surface area contributed by atoms with Crippen molar-refractivity contribution in [1.82, 2.24) is 0 Å². The van der Waals surface area contributed by atoms with Crippen molar-refractivity contribution in [3.8, 4) is 0 Å². The standard InChI is InChI=1S/C19H24N2/c20-12-21-19-17(14-6-2-7-14)10-16(13-4-1-5-13)11-18(19)15-8-3-9-15/h10-11,13-15,20H,1-9H2. The Kier molecular flexibility index (Phi) is 3.43. The molecule has 1 aromatic rings. The van der Waals surface area contributed by atoms with E-state index < -0.39 is 0 Å². The first-order chi connectivity index (χ1) is 10.4. The van der Waals surface area contributed by atoms with Gasteiger partial charge in [-0.25, -0.2) is 5.41 Å². The molecule has 0 amide bonds. The first-order valence-corrected chi connectivity index (χ1v) is 8.67. The molecule has 3 aliphatic carbocycles. The third kappa shape index (κ3) is 2.26. The molecule has 1 aromatic carbocycles. The van der Waals surface area contributed by atoms with Gasteiger partial charge in [0.25, 0.3) is 0 Å². The van der Waals surface area contributed by atoms with Crippen molar-refractivity contribution in [3.05, 3.63) is 28.8 Å². The maximum absolute atomic E-state index is 7.33. The summed E-state index contributed by atoms with van der Waals surface area (Å²) in [4.78, 5) is 4.37. The minimum Gasteiger partial charge on any atom is -0.241 e. The summed E-state index contributed by atoms with van der Waals surface area (Å²) in [5.41, 5.74) is 5.55. The molecule has 3 fully saturated rings. The van der Waals surface area contributed by atoms with E-state index in [0.29, 0.717) is 11.8 Å². The van der Waals surface area contributed by atoms with Crippen LogP contribution >= 0.6 is 0 Å². The Bertz CT molecular complexity index is 551. The van der Waals surface area contributed by atoms with Gasteiger partial charge in [0.2, 0.25) is 0 Å². The maximum atomic E-state index is 7.33. The molecule has 0 heterocycles. The van der Waals surface area contributed by atoms with E-state index in [4.69, 9.17) is 5.41 Å². The van der Waals surface area contributed by atoms with Gasteiger partial charge in [-0.1, -0.05) is 31.4 Å². The summed E-state index contributed by atoms with van der Waals surface area (Å²) in [6.45, 7) is 0. The highest BCUT2D eigenvalue weighted by molar-refractivity contribution is 5.63. The predicted molar refractivity (Wildman–Crippen MR) is 86.0 cm³/mol. The third-order valence-electron chi connectivity index (χ3n) is 6.03. The van der Waals surface area contributed by atoms with E-state index in [9.17, 15) is 0 Å². The molecule has 0 saturated heterocycles. The number of nitrogens with zero attached hydrogens (tertiary/aromatic N) is 1. The van der Waals surface area contributed by atoms with E-state index in [2.05, 4.69) is 23.1 Å². The summed E-state index contributed by atoms with van der Waals surface area (Å²) in [6, 6.07) is 7.20. The molecular formula is C19H24N2. The van der Waals surface area contributed by atoms with Crippen LogP contribution in [0, 0.1) is 5.41 Å². The highest BCUT2D eigenvalue weighted by Crippen LogP contribution is 2.50. The Hall–Kier alpha value is -1.40. The molecule has 2 nitrogen and oxygen atoms in total. The lowest BCUT2D eigenvalue weighted by Gasteiger charge is -2.34. The smallest absolute Gasteiger partial charge is 0.0918 e. The topological polar surface area (TPSA) is 36.2 Å². The highest BCUT2D eigenvalue weighted by atomic mass is 14.8. The molecule has 0 aromatic heterocycles. The van der Waals surface area contributed by atoms with Crippen LogP contribution in [0.5, 0.6) is 0 Å². The fraction of sp³-hybridized carbons (Fsp3) is 0.632. The van der Waals surface area contributed by atoms with Crippen molar-refractivity contribution in [2.75, 3.05) is 0 Å². The number of hydrogen-bond donors (Lipinski definition) is 1. The van der Waals surface area contributed by atoms with Crippen molar-refractivity contribution in [3.63, 3.8) is 0 Å². The Morgan fingerprint density at radius 1 is 0.810 bits per heavy atom. The van der Waals surface area contributed by atoms with Crippen molar-refractivity contribution >= 4 is 11.7 Å². The Morgan fingerprint density at radius 3 is 1.62 bits per heavy atom. The minimum atomic E-state index is 0.691. The lowest BCUT2D eigenvalue weighted by Crippen LogP contribution is -2.16. The van der Waals surface area contributed by atoms with Crippen LogP contribution in [-0.4, -0.2) is 6.01 Å². The summed E-state index contributed by atoms with van der Waals surface area (Å²) >= 11 is 0.